The molecule has 0 saturated carbocycles. The summed E-state index contributed by atoms with van der Waals surface area (Å²) in [4.78, 5) is 27.1. The van der Waals surface area contributed by atoms with Crippen LogP contribution >= 0.6 is 0 Å². The first kappa shape index (κ1) is 19.1. The number of Topliss-reactive ketones (excluding diaryl/α,β-unsaturated/α-hetero) is 1. The topological polar surface area (TPSA) is 66.7 Å². The van der Waals surface area contributed by atoms with E-state index in [-0.39, 0.29) is 23.7 Å². The van der Waals surface area contributed by atoms with Crippen LogP contribution in [0.2, 0.25) is 0 Å². The van der Waals surface area contributed by atoms with Crippen molar-refractivity contribution in [2.24, 2.45) is 0 Å². The van der Waals surface area contributed by atoms with Crippen molar-refractivity contribution < 1.29 is 14.1 Å². The number of nitro benzene ring substituents is 1. The van der Waals surface area contributed by atoms with Gasteiger partial charge >= 0.3 is 0 Å². The Hall–Kier alpha value is -2.64. The minimum atomic E-state index is -0.450. The van der Waals surface area contributed by atoms with Gasteiger partial charge in [-0.2, -0.15) is 0 Å². The Morgan fingerprint density at radius 1 is 1.00 bits per heavy atom. The van der Waals surface area contributed by atoms with E-state index in [0.29, 0.717) is 12.1 Å². The third-order valence-electron chi connectivity index (χ3n) is 4.71. The lowest BCUT2D eigenvalue weighted by atomic mass is 10.1. The number of benzene rings is 2. The quantitative estimate of drug-likeness (QED) is 0.553. The van der Waals surface area contributed by atoms with E-state index in [2.05, 4.69) is 9.80 Å². The molecule has 6 nitrogen and oxygen atoms in total. The number of nitro groups is 1. The Labute approximate surface area is 157 Å². The molecule has 0 aromatic heterocycles. The highest BCUT2D eigenvalue weighted by molar-refractivity contribution is 5.83. The minimum Gasteiger partial charge on any atom is -0.298 e. The Bertz CT molecular complexity index is 802. The summed E-state index contributed by atoms with van der Waals surface area (Å²) in [6.07, 6.45) is 0.206. The molecule has 1 aliphatic heterocycles. The summed E-state index contributed by atoms with van der Waals surface area (Å²) in [6, 6.07) is 12.8. The molecule has 7 heteroatoms. The van der Waals surface area contributed by atoms with Crippen LogP contribution in [-0.2, 0) is 17.8 Å². The van der Waals surface area contributed by atoms with Crippen molar-refractivity contribution >= 4 is 11.5 Å². The summed E-state index contributed by atoms with van der Waals surface area (Å²) in [6.45, 7) is 4.41. The van der Waals surface area contributed by atoms with Gasteiger partial charge in [0.15, 0.2) is 5.78 Å². The fourth-order valence-corrected chi connectivity index (χ4v) is 3.27. The van der Waals surface area contributed by atoms with Crippen molar-refractivity contribution in [2.75, 3.05) is 32.7 Å². The van der Waals surface area contributed by atoms with E-state index < -0.39 is 4.92 Å². The summed E-state index contributed by atoms with van der Waals surface area (Å²) in [5.74, 6) is -0.173. The number of carbonyl (C=O) groups excluding carboxylic acids is 1. The molecule has 3 rings (SSSR count). The molecular weight excluding hydrogens is 349 g/mol. The van der Waals surface area contributed by atoms with E-state index in [1.54, 1.807) is 24.3 Å². The SMILES string of the molecule is O=C(Cc1cccc([N+](=O)[O-])c1)CN1CCN(Cc2ccc(F)cc2)CC1. The molecule has 0 aliphatic carbocycles. The number of hydrogen-bond acceptors (Lipinski definition) is 5. The minimum absolute atomic E-state index is 0.00899. The number of non-ortho nitro benzene ring substituents is 1. The van der Waals surface area contributed by atoms with Crippen LogP contribution in [-0.4, -0.2) is 53.2 Å². The maximum Gasteiger partial charge on any atom is 0.269 e. The van der Waals surface area contributed by atoms with Crippen LogP contribution in [0.4, 0.5) is 10.1 Å². The second kappa shape index (κ2) is 8.83. The Kier molecular flexibility index (Phi) is 6.26. The lowest BCUT2D eigenvalue weighted by molar-refractivity contribution is -0.384. The van der Waals surface area contributed by atoms with Crippen molar-refractivity contribution in [3.63, 3.8) is 0 Å². The fourth-order valence-electron chi connectivity index (χ4n) is 3.27. The van der Waals surface area contributed by atoms with Gasteiger partial charge in [-0.25, -0.2) is 4.39 Å². The first-order chi connectivity index (χ1) is 13.0. The Balaban J connectivity index is 1.44. The van der Waals surface area contributed by atoms with E-state index in [1.807, 2.05) is 0 Å². The predicted octanol–water partition coefficient (Wildman–Crippen LogP) is 2.66. The number of rotatable bonds is 7. The summed E-state index contributed by atoms with van der Waals surface area (Å²) in [5, 5.41) is 10.8. The molecule has 0 spiro atoms. The van der Waals surface area contributed by atoms with Crippen LogP contribution in [0.5, 0.6) is 0 Å². The normalized spacial score (nSPS) is 15.6. The summed E-state index contributed by atoms with van der Waals surface area (Å²) in [7, 11) is 0. The number of hydrogen-bond donors (Lipinski definition) is 0. The van der Waals surface area contributed by atoms with E-state index in [9.17, 15) is 19.3 Å². The molecule has 1 heterocycles. The molecule has 0 radical (unpaired) electrons. The van der Waals surface area contributed by atoms with Crippen molar-refractivity contribution in [1.82, 2.24) is 9.80 Å². The van der Waals surface area contributed by atoms with Gasteiger partial charge in [-0.1, -0.05) is 24.3 Å². The molecule has 1 saturated heterocycles. The molecule has 0 N–H and O–H groups in total. The molecule has 142 valence electrons. The van der Waals surface area contributed by atoms with Crippen molar-refractivity contribution in [1.29, 1.82) is 0 Å². The van der Waals surface area contributed by atoms with Gasteiger partial charge in [0.25, 0.3) is 5.69 Å². The Morgan fingerprint density at radius 2 is 1.67 bits per heavy atom. The van der Waals surface area contributed by atoms with E-state index >= 15 is 0 Å². The van der Waals surface area contributed by atoms with Crippen LogP contribution in [0.1, 0.15) is 11.1 Å². The van der Waals surface area contributed by atoms with Gasteiger partial charge in [0, 0.05) is 51.3 Å². The zero-order valence-corrected chi connectivity index (χ0v) is 15.0. The van der Waals surface area contributed by atoms with Crippen molar-refractivity contribution in [3.8, 4) is 0 Å². The Morgan fingerprint density at radius 3 is 2.33 bits per heavy atom. The van der Waals surface area contributed by atoms with E-state index in [4.69, 9.17) is 0 Å². The largest absolute Gasteiger partial charge is 0.298 e. The molecule has 0 amide bonds. The fraction of sp³-hybridized carbons (Fsp3) is 0.350. The van der Waals surface area contributed by atoms with Gasteiger partial charge < -0.3 is 0 Å². The molecule has 2 aromatic carbocycles. The zero-order chi connectivity index (χ0) is 19.2. The second-order valence-electron chi connectivity index (χ2n) is 6.82. The highest BCUT2D eigenvalue weighted by atomic mass is 19.1. The van der Waals surface area contributed by atoms with Crippen LogP contribution < -0.4 is 0 Å². The molecule has 1 aliphatic rings. The van der Waals surface area contributed by atoms with E-state index in [1.165, 1.54) is 24.3 Å². The highest BCUT2D eigenvalue weighted by Crippen LogP contribution is 2.14. The molecule has 1 fully saturated rings. The smallest absolute Gasteiger partial charge is 0.269 e. The maximum absolute atomic E-state index is 13.0. The van der Waals surface area contributed by atoms with Gasteiger partial charge in [0.1, 0.15) is 5.82 Å². The van der Waals surface area contributed by atoms with Crippen LogP contribution in [0.3, 0.4) is 0 Å². The number of ketones is 1. The van der Waals surface area contributed by atoms with Crippen LogP contribution in [0, 0.1) is 15.9 Å². The molecule has 0 atom stereocenters. The zero-order valence-electron chi connectivity index (χ0n) is 15.0. The average molecular weight is 371 g/mol. The average Bonchev–Trinajstić information content (AvgIpc) is 2.65. The first-order valence-electron chi connectivity index (χ1n) is 8.94. The van der Waals surface area contributed by atoms with Gasteiger partial charge in [-0.15, -0.1) is 0 Å². The predicted molar refractivity (Wildman–Crippen MR) is 99.9 cm³/mol. The first-order valence-corrected chi connectivity index (χ1v) is 8.94. The number of carbonyl (C=O) groups is 1. The lowest BCUT2D eigenvalue weighted by Gasteiger charge is -2.34. The van der Waals surface area contributed by atoms with Crippen LogP contribution in [0.25, 0.3) is 0 Å². The van der Waals surface area contributed by atoms with Gasteiger partial charge in [0.05, 0.1) is 11.5 Å². The van der Waals surface area contributed by atoms with Crippen molar-refractivity contribution in [3.05, 3.63) is 75.6 Å². The molecule has 0 unspecified atom stereocenters. The standard InChI is InChI=1S/C20H22FN3O3/c21-18-6-4-16(5-7-18)14-22-8-10-23(11-9-22)15-20(25)13-17-2-1-3-19(12-17)24(26)27/h1-7,12H,8-11,13-15H2. The van der Waals surface area contributed by atoms with Gasteiger partial charge in [0.2, 0.25) is 0 Å². The molecular formula is C20H22FN3O3. The second-order valence-corrected chi connectivity index (χ2v) is 6.82. The monoisotopic (exact) mass is 371 g/mol. The maximum atomic E-state index is 13.0. The van der Waals surface area contributed by atoms with Gasteiger partial charge in [-0.3, -0.25) is 24.7 Å². The summed E-state index contributed by atoms with van der Waals surface area (Å²) < 4.78 is 13.0. The third-order valence-corrected chi connectivity index (χ3v) is 4.71. The highest BCUT2D eigenvalue weighted by Gasteiger charge is 2.19. The number of piperazine rings is 1. The summed E-state index contributed by atoms with van der Waals surface area (Å²) >= 11 is 0. The molecule has 0 bridgehead atoms. The molecule has 27 heavy (non-hydrogen) atoms. The van der Waals surface area contributed by atoms with Crippen LogP contribution in [0.15, 0.2) is 48.5 Å². The van der Waals surface area contributed by atoms with E-state index in [0.717, 1.165) is 38.3 Å². The lowest BCUT2D eigenvalue weighted by Crippen LogP contribution is -2.47. The van der Waals surface area contributed by atoms with Crippen molar-refractivity contribution in [2.45, 2.75) is 13.0 Å². The molecule has 2 aromatic rings. The van der Waals surface area contributed by atoms with Gasteiger partial charge in [-0.05, 0) is 23.3 Å². The number of nitrogens with zero attached hydrogens (tertiary/aromatic N) is 3. The number of halogens is 1. The third kappa shape index (κ3) is 5.67. The summed E-state index contributed by atoms with van der Waals surface area (Å²) in [5.41, 5.74) is 1.76.